The van der Waals surface area contributed by atoms with Crippen molar-refractivity contribution >= 4 is 17.0 Å². The number of carbonyl (C=O) groups is 1. The number of fused-ring (bicyclic) bond motifs is 1. The molecule has 0 amide bonds. The number of para-hydroxylation sites is 2. The summed E-state index contributed by atoms with van der Waals surface area (Å²) in [7, 11) is 0. The van der Waals surface area contributed by atoms with Crippen LogP contribution in [0.2, 0.25) is 0 Å². The zero-order valence-corrected chi connectivity index (χ0v) is 9.26. The third-order valence-corrected chi connectivity index (χ3v) is 3.56. The maximum absolute atomic E-state index is 11.4. The minimum absolute atomic E-state index is 0.593. The van der Waals surface area contributed by atoms with Crippen molar-refractivity contribution in [3.8, 4) is 0 Å². The van der Waals surface area contributed by atoms with Crippen LogP contribution in [-0.4, -0.2) is 21.0 Å². The Morgan fingerprint density at radius 3 is 2.53 bits per heavy atom. The molecule has 1 fully saturated rings. The highest BCUT2D eigenvalue weighted by molar-refractivity contribution is 5.83. The summed E-state index contributed by atoms with van der Waals surface area (Å²) in [5, 5.41) is 9.34. The van der Waals surface area contributed by atoms with E-state index in [1.165, 1.54) is 0 Å². The Bertz CT molecular complexity index is 591. The first-order valence-corrected chi connectivity index (χ1v) is 5.68. The van der Waals surface area contributed by atoms with Crippen LogP contribution in [0, 0.1) is 0 Å². The fourth-order valence-electron chi connectivity index (χ4n) is 2.30. The van der Waals surface area contributed by atoms with Crippen molar-refractivity contribution in [1.82, 2.24) is 9.97 Å². The van der Waals surface area contributed by atoms with Crippen LogP contribution in [0.3, 0.4) is 0 Å². The number of hydrogen-bond acceptors (Lipinski definition) is 3. The molecule has 1 aliphatic carbocycles. The fraction of sp³-hybridized carbons (Fsp3) is 0.308. The zero-order chi connectivity index (χ0) is 11.9. The van der Waals surface area contributed by atoms with Crippen molar-refractivity contribution in [1.29, 1.82) is 0 Å². The van der Waals surface area contributed by atoms with Crippen LogP contribution >= 0.6 is 0 Å². The average Bonchev–Trinajstić information content (AvgIpc) is 2.27. The molecule has 1 aromatic heterocycles. The van der Waals surface area contributed by atoms with Crippen LogP contribution in [0.5, 0.6) is 0 Å². The van der Waals surface area contributed by atoms with Crippen molar-refractivity contribution in [3.63, 3.8) is 0 Å². The number of hydrogen-bond donors (Lipinski definition) is 1. The van der Waals surface area contributed by atoms with Gasteiger partial charge in [0.05, 0.1) is 22.9 Å². The van der Waals surface area contributed by atoms with Crippen LogP contribution < -0.4 is 0 Å². The predicted molar refractivity (Wildman–Crippen MR) is 62.7 cm³/mol. The topological polar surface area (TPSA) is 63.1 Å². The average molecular weight is 228 g/mol. The van der Waals surface area contributed by atoms with Gasteiger partial charge in [-0.1, -0.05) is 18.6 Å². The standard InChI is InChI=1S/C13H12N2O2/c16-12(17)13(6-3-7-13)11-8-14-9-4-1-2-5-10(9)15-11/h1-2,4-5,8H,3,6-7H2,(H,16,17). The second-order valence-electron chi connectivity index (χ2n) is 4.48. The van der Waals surface area contributed by atoms with E-state index in [4.69, 9.17) is 0 Å². The molecule has 0 atom stereocenters. The van der Waals surface area contributed by atoms with Gasteiger partial charge in [0.2, 0.25) is 0 Å². The highest BCUT2D eigenvalue weighted by Gasteiger charge is 2.47. The molecule has 86 valence electrons. The molecule has 0 aliphatic heterocycles. The van der Waals surface area contributed by atoms with Gasteiger partial charge in [0.15, 0.2) is 0 Å². The van der Waals surface area contributed by atoms with E-state index in [1.54, 1.807) is 6.20 Å². The quantitative estimate of drug-likeness (QED) is 0.855. The van der Waals surface area contributed by atoms with Crippen LogP contribution in [0.1, 0.15) is 25.0 Å². The molecule has 1 N–H and O–H groups in total. The number of carboxylic acid groups (broad SMARTS) is 1. The van der Waals surface area contributed by atoms with Crippen LogP contribution in [-0.2, 0) is 10.2 Å². The molecule has 1 heterocycles. The van der Waals surface area contributed by atoms with Gasteiger partial charge in [-0.15, -0.1) is 0 Å². The molecule has 0 spiro atoms. The summed E-state index contributed by atoms with van der Waals surface area (Å²) in [6.07, 6.45) is 3.88. The molecular formula is C13H12N2O2. The largest absolute Gasteiger partial charge is 0.481 e. The maximum atomic E-state index is 11.4. The van der Waals surface area contributed by atoms with E-state index in [0.29, 0.717) is 18.5 Å². The Labute approximate surface area is 98.3 Å². The van der Waals surface area contributed by atoms with Gasteiger partial charge >= 0.3 is 5.97 Å². The molecule has 2 aromatic rings. The molecule has 1 aliphatic rings. The number of aromatic nitrogens is 2. The number of aliphatic carboxylic acids is 1. The highest BCUT2D eigenvalue weighted by Crippen LogP contribution is 2.43. The molecule has 1 aromatic carbocycles. The third kappa shape index (κ3) is 1.40. The lowest BCUT2D eigenvalue weighted by Crippen LogP contribution is -2.43. The van der Waals surface area contributed by atoms with E-state index < -0.39 is 11.4 Å². The van der Waals surface area contributed by atoms with E-state index in [1.807, 2.05) is 24.3 Å². The molecule has 17 heavy (non-hydrogen) atoms. The number of rotatable bonds is 2. The lowest BCUT2D eigenvalue weighted by atomic mass is 9.67. The normalized spacial score (nSPS) is 17.6. The van der Waals surface area contributed by atoms with Gasteiger partial charge in [-0.05, 0) is 25.0 Å². The first-order chi connectivity index (χ1) is 8.22. The lowest BCUT2D eigenvalue weighted by molar-refractivity contribution is -0.147. The maximum Gasteiger partial charge on any atom is 0.315 e. The molecule has 0 saturated heterocycles. The molecule has 0 bridgehead atoms. The lowest BCUT2D eigenvalue weighted by Gasteiger charge is -2.36. The van der Waals surface area contributed by atoms with Crippen molar-refractivity contribution in [2.45, 2.75) is 24.7 Å². The molecule has 0 radical (unpaired) electrons. The summed E-state index contributed by atoms with van der Waals surface area (Å²) in [6, 6.07) is 7.52. The Morgan fingerprint density at radius 2 is 1.94 bits per heavy atom. The number of benzene rings is 1. The first kappa shape index (κ1) is 10.2. The molecule has 0 unspecified atom stereocenters. The minimum Gasteiger partial charge on any atom is -0.481 e. The SMILES string of the molecule is O=C(O)C1(c2cnc3ccccc3n2)CCC1. The van der Waals surface area contributed by atoms with Gasteiger partial charge in [0.1, 0.15) is 5.41 Å². The smallest absolute Gasteiger partial charge is 0.315 e. The highest BCUT2D eigenvalue weighted by atomic mass is 16.4. The Kier molecular flexibility index (Phi) is 2.11. The van der Waals surface area contributed by atoms with E-state index in [2.05, 4.69) is 9.97 Å². The first-order valence-electron chi connectivity index (χ1n) is 5.68. The second kappa shape index (κ2) is 3.52. The summed E-state index contributed by atoms with van der Waals surface area (Å²) >= 11 is 0. The van der Waals surface area contributed by atoms with E-state index in [0.717, 1.165) is 17.5 Å². The molecule has 4 heteroatoms. The van der Waals surface area contributed by atoms with E-state index in [9.17, 15) is 9.90 Å². The molecular weight excluding hydrogens is 216 g/mol. The zero-order valence-electron chi connectivity index (χ0n) is 9.26. The van der Waals surface area contributed by atoms with Gasteiger partial charge in [-0.3, -0.25) is 9.78 Å². The summed E-state index contributed by atoms with van der Waals surface area (Å²) < 4.78 is 0. The molecule has 3 rings (SSSR count). The van der Waals surface area contributed by atoms with Crippen molar-refractivity contribution in [2.75, 3.05) is 0 Å². The van der Waals surface area contributed by atoms with Crippen molar-refractivity contribution in [2.24, 2.45) is 0 Å². The van der Waals surface area contributed by atoms with Gasteiger partial charge < -0.3 is 5.11 Å². The summed E-state index contributed by atoms with van der Waals surface area (Å²) in [6.45, 7) is 0. The van der Waals surface area contributed by atoms with Crippen LogP contribution in [0.25, 0.3) is 11.0 Å². The predicted octanol–water partition coefficient (Wildman–Crippen LogP) is 2.14. The fourth-order valence-corrected chi connectivity index (χ4v) is 2.30. The van der Waals surface area contributed by atoms with Crippen LogP contribution in [0.4, 0.5) is 0 Å². The van der Waals surface area contributed by atoms with Gasteiger partial charge in [0.25, 0.3) is 0 Å². The number of nitrogens with zero attached hydrogens (tertiary/aromatic N) is 2. The van der Waals surface area contributed by atoms with Gasteiger partial charge in [-0.25, -0.2) is 4.98 Å². The van der Waals surface area contributed by atoms with Crippen molar-refractivity contribution in [3.05, 3.63) is 36.2 Å². The van der Waals surface area contributed by atoms with Crippen LogP contribution in [0.15, 0.2) is 30.5 Å². The Balaban J connectivity index is 2.14. The summed E-state index contributed by atoms with van der Waals surface area (Å²) in [5.41, 5.74) is 1.36. The van der Waals surface area contributed by atoms with Gasteiger partial charge in [-0.2, -0.15) is 0 Å². The summed E-state index contributed by atoms with van der Waals surface area (Å²) in [5.74, 6) is -0.784. The Hall–Kier alpha value is -1.97. The van der Waals surface area contributed by atoms with E-state index in [-0.39, 0.29) is 0 Å². The number of carboxylic acids is 1. The monoisotopic (exact) mass is 228 g/mol. The third-order valence-electron chi connectivity index (χ3n) is 3.56. The second-order valence-corrected chi connectivity index (χ2v) is 4.48. The molecule has 4 nitrogen and oxygen atoms in total. The van der Waals surface area contributed by atoms with Gasteiger partial charge in [0, 0.05) is 0 Å². The van der Waals surface area contributed by atoms with E-state index >= 15 is 0 Å². The molecule has 1 saturated carbocycles. The minimum atomic E-state index is -0.795. The summed E-state index contributed by atoms with van der Waals surface area (Å²) in [4.78, 5) is 20.1. The Morgan fingerprint density at radius 1 is 1.24 bits per heavy atom. The van der Waals surface area contributed by atoms with Crippen molar-refractivity contribution < 1.29 is 9.90 Å².